The third kappa shape index (κ3) is 3.03. The maximum absolute atomic E-state index is 5.64. The van der Waals surface area contributed by atoms with Crippen LogP contribution in [0.15, 0.2) is 35.1 Å². The second kappa shape index (κ2) is 5.58. The van der Waals surface area contributed by atoms with Crippen LogP contribution < -0.4 is 10.1 Å². The van der Waals surface area contributed by atoms with Crippen LogP contribution in [0.1, 0.15) is 25.2 Å². The Morgan fingerprint density at radius 1 is 1.39 bits per heavy atom. The largest absolute Gasteiger partial charge is 0.473 e. The third-order valence-electron chi connectivity index (χ3n) is 2.53. The molecule has 0 aromatic carbocycles. The van der Waals surface area contributed by atoms with E-state index in [1.807, 2.05) is 39.0 Å². The average molecular weight is 246 g/mol. The molecule has 0 saturated heterocycles. The second-order valence-electron chi connectivity index (χ2n) is 4.40. The number of nitrogens with one attached hydrogen (secondary N) is 1. The van der Waals surface area contributed by atoms with Gasteiger partial charge in [0.05, 0.1) is 24.6 Å². The molecule has 0 spiro atoms. The van der Waals surface area contributed by atoms with Gasteiger partial charge in [0.1, 0.15) is 5.76 Å². The summed E-state index contributed by atoms with van der Waals surface area (Å²) in [5.74, 6) is 1.55. The summed E-state index contributed by atoms with van der Waals surface area (Å²) < 4.78 is 11.0. The first kappa shape index (κ1) is 12.5. The van der Waals surface area contributed by atoms with E-state index in [0.29, 0.717) is 12.4 Å². The first-order valence-electron chi connectivity index (χ1n) is 6.05. The molecule has 0 aliphatic carbocycles. The van der Waals surface area contributed by atoms with Gasteiger partial charge in [-0.1, -0.05) is 0 Å². The Balaban J connectivity index is 2.07. The van der Waals surface area contributed by atoms with Gasteiger partial charge < -0.3 is 14.5 Å². The molecule has 4 nitrogen and oxygen atoms in total. The highest BCUT2D eigenvalue weighted by Gasteiger charge is 2.08. The van der Waals surface area contributed by atoms with Gasteiger partial charge >= 0.3 is 0 Å². The molecule has 18 heavy (non-hydrogen) atoms. The van der Waals surface area contributed by atoms with Gasteiger partial charge in [-0.15, -0.1) is 0 Å². The number of anilines is 1. The summed E-state index contributed by atoms with van der Waals surface area (Å²) in [6.07, 6.45) is 3.52. The normalized spacial score (nSPS) is 10.7. The predicted octanol–water partition coefficient (Wildman–Crippen LogP) is 3.38. The van der Waals surface area contributed by atoms with E-state index in [0.717, 1.165) is 17.0 Å². The van der Waals surface area contributed by atoms with Crippen LogP contribution in [-0.2, 0) is 6.54 Å². The van der Waals surface area contributed by atoms with Crippen molar-refractivity contribution in [2.24, 2.45) is 0 Å². The van der Waals surface area contributed by atoms with E-state index in [2.05, 4.69) is 10.3 Å². The minimum atomic E-state index is 0.103. The minimum Gasteiger partial charge on any atom is -0.473 e. The first-order chi connectivity index (χ1) is 8.66. The van der Waals surface area contributed by atoms with Gasteiger partial charge in [-0.05, 0) is 44.5 Å². The molecule has 0 aliphatic rings. The lowest BCUT2D eigenvalue weighted by Gasteiger charge is -2.13. The Hall–Kier alpha value is -1.97. The smallest absolute Gasteiger partial charge is 0.237 e. The fourth-order valence-electron chi connectivity index (χ4n) is 1.60. The molecule has 0 radical (unpaired) electrons. The number of furan rings is 1. The second-order valence-corrected chi connectivity index (χ2v) is 4.40. The van der Waals surface area contributed by atoms with E-state index in [1.165, 1.54) is 0 Å². The Bertz CT molecular complexity index is 506. The monoisotopic (exact) mass is 246 g/mol. The Kier molecular flexibility index (Phi) is 3.87. The number of hydrogen-bond acceptors (Lipinski definition) is 4. The van der Waals surface area contributed by atoms with Crippen molar-refractivity contribution in [1.82, 2.24) is 4.98 Å². The van der Waals surface area contributed by atoms with Crippen molar-refractivity contribution >= 4 is 5.69 Å². The van der Waals surface area contributed by atoms with Gasteiger partial charge in [-0.2, -0.15) is 0 Å². The summed E-state index contributed by atoms with van der Waals surface area (Å²) in [6, 6.07) is 5.78. The number of pyridine rings is 1. The van der Waals surface area contributed by atoms with Crippen LogP contribution in [0.5, 0.6) is 5.88 Å². The standard InChI is InChI=1S/C14H18N2O2/c1-10(2)18-14-12(5-4-7-15-14)16-9-13-11(3)6-8-17-13/h4-8,10,16H,9H2,1-3H3. The lowest BCUT2D eigenvalue weighted by Crippen LogP contribution is -2.10. The summed E-state index contributed by atoms with van der Waals surface area (Å²) in [6.45, 7) is 6.61. The molecule has 0 amide bonds. The maximum atomic E-state index is 5.64. The number of aromatic nitrogens is 1. The average Bonchev–Trinajstić information content (AvgIpc) is 2.73. The van der Waals surface area contributed by atoms with Gasteiger partial charge in [-0.3, -0.25) is 0 Å². The zero-order valence-electron chi connectivity index (χ0n) is 10.9. The molecule has 0 saturated carbocycles. The molecule has 96 valence electrons. The fourth-order valence-corrected chi connectivity index (χ4v) is 1.60. The van der Waals surface area contributed by atoms with Crippen LogP contribution in [0.25, 0.3) is 0 Å². The van der Waals surface area contributed by atoms with Crippen molar-refractivity contribution in [3.05, 3.63) is 42.0 Å². The Morgan fingerprint density at radius 2 is 2.22 bits per heavy atom. The summed E-state index contributed by atoms with van der Waals surface area (Å²) in [4.78, 5) is 4.23. The van der Waals surface area contributed by atoms with Gasteiger partial charge in [0, 0.05) is 6.20 Å². The number of hydrogen-bond donors (Lipinski definition) is 1. The number of rotatable bonds is 5. The lowest BCUT2D eigenvalue weighted by atomic mass is 10.3. The molecular weight excluding hydrogens is 228 g/mol. The molecule has 2 heterocycles. The Labute approximate surface area is 107 Å². The molecule has 1 N–H and O–H groups in total. The third-order valence-corrected chi connectivity index (χ3v) is 2.53. The zero-order chi connectivity index (χ0) is 13.0. The quantitative estimate of drug-likeness (QED) is 0.878. The molecule has 2 rings (SSSR count). The van der Waals surface area contributed by atoms with Gasteiger partial charge in [-0.25, -0.2) is 4.98 Å². The van der Waals surface area contributed by atoms with Crippen LogP contribution in [-0.4, -0.2) is 11.1 Å². The number of ether oxygens (including phenoxy) is 1. The van der Waals surface area contributed by atoms with Gasteiger partial charge in [0.15, 0.2) is 0 Å². The summed E-state index contributed by atoms with van der Waals surface area (Å²) >= 11 is 0. The molecule has 4 heteroatoms. The van der Waals surface area contributed by atoms with E-state index in [9.17, 15) is 0 Å². The maximum Gasteiger partial charge on any atom is 0.237 e. The number of aryl methyl sites for hydroxylation is 1. The SMILES string of the molecule is Cc1ccoc1CNc1cccnc1OC(C)C. The van der Waals surface area contributed by atoms with Crippen molar-refractivity contribution in [3.8, 4) is 5.88 Å². The van der Waals surface area contributed by atoms with Gasteiger partial charge in [0.25, 0.3) is 0 Å². The van der Waals surface area contributed by atoms with E-state index < -0.39 is 0 Å². The van der Waals surface area contributed by atoms with Crippen LogP contribution >= 0.6 is 0 Å². The van der Waals surface area contributed by atoms with E-state index in [-0.39, 0.29) is 6.10 Å². The number of nitrogens with zero attached hydrogens (tertiary/aromatic N) is 1. The highest BCUT2D eigenvalue weighted by Crippen LogP contribution is 2.23. The van der Waals surface area contributed by atoms with Crippen LogP contribution in [0.3, 0.4) is 0 Å². The lowest BCUT2D eigenvalue weighted by molar-refractivity contribution is 0.234. The van der Waals surface area contributed by atoms with Crippen molar-refractivity contribution in [2.75, 3.05) is 5.32 Å². The highest BCUT2D eigenvalue weighted by atomic mass is 16.5. The summed E-state index contributed by atoms with van der Waals surface area (Å²) in [5, 5.41) is 3.28. The summed E-state index contributed by atoms with van der Waals surface area (Å²) in [7, 11) is 0. The van der Waals surface area contributed by atoms with Crippen molar-refractivity contribution in [1.29, 1.82) is 0 Å². The molecule has 2 aromatic rings. The van der Waals surface area contributed by atoms with Crippen molar-refractivity contribution in [2.45, 2.75) is 33.4 Å². The Morgan fingerprint density at radius 3 is 2.89 bits per heavy atom. The molecule has 0 fully saturated rings. The molecule has 0 atom stereocenters. The van der Waals surface area contributed by atoms with Crippen LogP contribution in [0.2, 0.25) is 0 Å². The molecule has 0 unspecified atom stereocenters. The van der Waals surface area contributed by atoms with E-state index in [4.69, 9.17) is 9.15 Å². The zero-order valence-corrected chi connectivity index (χ0v) is 10.9. The first-order valence-corrected chi connectivity index (χ1v) is 6.05. The molecular formula is C14H18N2O2. The van der Waals surface area contributed by atoms with Gasteiger partial charge in [0.2, 0.25) is 5.88 Å². The van der Waals surface area contributed by atoms with E-state index >= 15 is 0 Å². The van der Waals surface area contributed by atoms with Crippen LogP contribution in [0.4, 0.5) is 5.69 Å². The van der Waals surface area contributed by atoms with Crippen molar-refractivity contribution < 1.29 is 9.15 Å². The van der Waals surface area contributed by atoms with Crippen molar-refractivity contribution in [3.63, 3.8) is 0 Å². The molecule has 0 bridgehead atoms. The molecule has 0 aliphatic heterocycles. The summed E-state index contributed by atoms with van der Waals surface area (Å²) in [5.41, 5.74) is 2.01. The fraction of sp³-hybridized carbons (Fsp3) is 0.357. The predicted molar refractivity (Wildman–Crippen MR) is 70.8 cm³/mol. The topological polar surface area (TPSA) is 47.3 Å². The van der Waals surface area contributed by atoms with E-state index in [1.54, 1.807) is 12.5 Å². The minimum absolute atomic E-state index is 0.103. The highest BCUT2D eigenvalue weighted by molar-refractivity contribution is 5.52. The molecule has 2 aromatic heterocycles. The van der Waals surface area contributed by atoms with Crippen LogP contribution in [0, 0.1) is 6.92 Å².